The monoisotopic (exact) mass is 362 g/mol. The summed E-state index contributed by atoms with van der Waals surface area (Å²) in [6.07, 6.45) is 3.25. The molecule has 0 spiro atoms. The van der Waals surface area contributed by atoms with Gasteiger partial charge in [0.15, 0.2) is 5.60 Å². The second-order valence-corrected chi connectivity index (χ2v) is 7.13. The van der Waals surface area contributed by atoms with Crippen molar-refractivity contribution in [2.24, 2.45) is 0 Å². The highest BCUT2D eigenvalue weighted by atomic mass is 16.6. The minimum atomic E-state index is -1.16. The van der Waals surface area contributed by atoms with Gasteiger partial charge in [-0.1, -0.05) is 36.4 Å². The van der Waals surface area contributed by atoms with Crippen LogP contribution < -0.4 is 5.32 Å². The molecular weight excluding hydrogens is 340 g/mol. The third kappa shape index (κ3) is 3.33. The molecule has 0 radical (unpaired) electrons. The molecule has 138 valence electrons. The van der Waals surface area contributed by atoms with E-state index >= 15 is 0 Å². The van der Waals surface area contributed by atoms with Crippen LogP contribution in [0.4, 0.5) is 0 Å². The summed E-state index contributed by atoms with van der Waals surface area (Å²) in [6.45, 7) is 3.02. The van der Waals surface area contributed by atoms with Gasteiger partial charge in [-0.3, -0.25) is 4.79 Å². The fraction of sp³-hybridized carbons (Fsp3) is 0.273. The number of carbonyl (C=O) groups excluding carboxylic acids is 2. The molecule has 0 saturated carbocycles. The van der Waals surface area contributed by atoms with E-state index in [9.17, 15) is 9.59 Å². The fourth-order valence-corrected chi connectivity index (χ4v) is 3.63. The number of nitrogens with zero attached hydrogens (tertiary/aromatic N) is 1. The van der Waals surface area contributed by atoms with Crippen molar-refractivity contribution >= 4 is 22.8 Å². The number of cyclic esters (lactones) is 1. The van der Waals surface area contributed by atoms with Gasteiger partial charge in [-0.05, 0) is 42.5 Å². The van der Waals surface area contributed by atoms with Crippen LogP contribution in [0.15, 0.2) is 60.8 Å². The average Bonchev–Trinajstić information content (AvgIpc) is 3.08. The number of nitrogens with one attached hydrogen (secondary N) is 1. The molecule has 0 saturated heterocycles. The van der Waals surface area contributed by atoms with Crippen molar-refractivity contribution in [3.8, 4) is 0 Å². The van der Waals surface area contributed by atoms with E-state index in [1.807, 2.05) is 24.3 Å². The van der Waals surface area contributed by atoms with E-state index in [0.717, 1.165) is 18.5 Å². The number of benzene rings is 2. The predicted molar refractivity (Wildman–Crippen MR) is 104 cm³/mol. The number of esters is 1. The minimum Gasteiger partial charge on any atom is -0.445 e. The molecule has 0 bridgehead atoms. The number of amides is 1. The smallest absolute Gasteiger partial charge is 0.339 e. The Balaban J connectivity index is 1.35. The molecule has 0 aliphatic carbocycles. The lowest BCUT2D eigenvalue weighted by Gasteiger charge is -2.33. The Bertz CT molecular complexity index is 1010. The zero-order valence-electron chi connectivity index (χ0n) is 15.3. The first kappa shape index (κ1) is 17.3. The highest BCUT2D eigenvalue weighted by Gasteiger charge is 2.42. The average molecular weight is 362 g/mol. The summed E-state index contributed by atoms with van der Waals surface area (Å²) >= 11 is 0. The van der Waals surface area contributed by atoms with Gasteiger partial charge in [0.2, 0.25) is 0 Å². The standard InChI is InChI=1S/C22H22N2O3/c1-22(15-17-8-2-4-9-18(17)20(25)27-22)21(26)23-12-6-13-24-14-11-16-7-3-5-10-19(16)24/h2-5,7-11,14H,6,12-13,15H2,1H3,(H,23,26). The number of aromatic nitrogens is 1. The SMILES string of the molecule is CC1(C(=O)NCCCn2ccc3ccccc32)Cc2ccccc2C(=O)O1. The molecule has 2 aromatic carbocycles. The molecular formula is C22H22N2O3. The summed E-state index contributed by atoms with van der Waals surface area (Å²) in [5.41, 5.74) is 1.42. The molecule has 1 aromatic heterocycles. The molecule has 4 rings (SSSR count). The van der Waals surface area contributed by atoms with Gasteiger partial charge in [-0.2, -0.15) is 0 Å². The Labute approximate surface area is 157 Å². The Hall–Kier alpha value is -3.08. The zero-order chi connectivity index (χ0) is 18.9. The van der Waals surface area contributed by atoms with Gasteiger partial charge in [-0.15, -0.1) is 0 Å². The van der Waals surface area contributed by atoms with Crippen LogP contribution in [-0.2, 0) is 22.5 Å². The Morgan fingerprint density at radius 3 is 2.81 bits per heavy atom. The molecule has 0 fully saturated rings. The quantitative estimate of drug-likeness (QED) is 0.559. The lowest BCUT2D eigenvalue weighted by Crippen LogP contribution is -2.51. The van der Waals surface area contributed by atoms with E-state index < -0.39 is 11.6 Å². The highest BCUT2D eigenvalue weighted by molar-refractivity contribution is 5.97. The van der Waals surface area contributed by atoms with Crippen LogP contribution >= 0.6 is 0 Å². The van der Waals surface area contributed by atoms with Crippen LogP contribution in [0.1, 0.15) is 29.3 Å². The molecule has 1 aliphatic heterocycles. The first-order valence-electron chi connectivity index (χ1n) is 9.20. The molecule has 3 aromatic rings. The first-order valence-corrected chi connectivity index (χ1v) is 9.20. The molecule has 5 heteroatoms. The maximum absolute atomic E-state index is 12.7. The van der Waals surface area contributed by atoms with Crippen molar-refractivity contribution in [3.05, 3.63) is 71.9 Å². The second-order valence-electron chi connectivity index (χ2n) is 7.13. The number of hydrogen-bond donors (Lipinski definition) is 1. The summed E-state index contributed by atoms with van der Waals surface area (Å²) in [4.78, 5) is 24.9. The van der Waals surface area contributed by atoms with Gasteiger partial charge in [-0.25, -0.2) is 4.79 Å². The maximum Gasteiger partial charge on any atom is 0.339 e. The van der Waals surface area contributed by atoms with Gasteiger partial charge in [0.1, 0.15) is 0 Å². The van der Waals surface area contributed by atoms with Gasteiger partial charge < -0.3 is 14.6 Å². The van der Waals surface area contributed by atoms with Crippen LogP contribution in [0.5, 0.6) is 0 Å². The number of rotatable bonds is 5. The molecule has 1 atom stereocenters. The topological polar surface area (TPSA) is 60.3 Å². The number of fused-ring (bicyclic) bond motifs is 2. The van der Waals surface area contributed by atoms with Crippen molar-refractivity contribution < 1.29 is 14.3 Å². The van der Waals surface area contributed by atoms with Crippen molar-refractivity contribution in [3.63, 3.8) is 0 Å². The van der Waals surface area contributed by atoms with Crippen molar-refractivity contribution in [1.82, 2.24) is 9.88 Å². The van der Waals surface area contributed by atoms with Gasteiger partial charge in [0, 0.05) is 31.2 Å². The van der Waals surface area contributed by atoms with E-state index in [1.165, 1.54) is 10.9 Å². The Kier molecular flexibility index (Phi) is 4.44. The number of aryl methyl sites for hydroxylation is 1. The zero-order valence-corrected chi connectivity index (χ0v) is 15.3. The van der Waals surface area contributed by atoms with Crippen LogP contribution in [0, 0.1) is 0 Å². The summed E-state index contributed by atoms with van der Waals surface area (Å²) in [5, 5.41) is 4.14. The van der Waals surface area contributed by atoms with E-state index in [4.69, 9.17) is 4.74 Å². The van der Waals surface area contributed by atoms with Crippen LogP contribution in [0.2, 0.25) is 0 Å². The van der Waals surface area contributed by atoms with E-state index in [-0.39, 0.29) is 5.91 Å². The largest absolute Gasteiger partial charge is 0.445 e. The molecule has 1 amide bonds. The number of hydrogen-bond acceptors (Lipinski definition) is 3. The first-order chi connectivity index (χ1) is 13.1. The van der Waals surface area contributed by atoms with Gasteiger partial charge >= 0.3 is 5.97 Å². The summed E-state index contributed by atoms with van der Waals surface area (Å²) in [5.74, 6) is -0.684. The Morgan fingerprint density at radius 2 is 1.93 bits per heavy atom. The van der Waals surface area contributed by atoms with Crippen LogP contribution in [-0.4, -0.2) is 28.6 Å². The van der Waals surface area contributed by atoms with E-state index in [0.29, 0.717) is 18.5 Å². The molecule has 1 N–H and O–H groups in total. The molecule has 1 aliphatic rings. The van der Waals surface area contributed by atoms with Crippen molar-refractivity contribution in [2.75, 3.05) is 6.54 Å². The van der Waals surface area contributed by atoms with Crippen molar-refractivity contribution in [2.45, 2.75) is 31.9 Å². The third-order valence-electron chi connectivity index (χ3n) is 5.10. The maximum atomic E-state index is 12.7. The molecule has 5 nitrogen and oxygen atoms in total. The lowest BCUT2D eigenvalue weighted by molar-refractivity contribution is -0.139. The van der Waals surface area contributed by atoms with E-state index in [1.54, 1.807) is 19.1 Å². The Morgan fingerprint density at radius 1 is 1.15 bits per heavy atom. The third-order valence-corrected chi connectivity index (χ3v) is 5.10. The minimum absolute atomic E-state index is 0.247. The van der Waals surface area contributed by atoms with Gasteiger partial charge in [0.05, 0.1) is 5.56 Å². The van der Waals surface area contributed by atoms with Crippen LogP contribution in [0.3, 0.4) is 0 Å². The summed E-state index contributed by atoms with van der Waals surface area (Å²) < 4.78 is 7.65. The number of para-hydroxylation sites is 1. The second kappa shape index (κ2) is 6.91. The van der Waals surface area contributed by atoms with Crippen LogP contribution in [0.25, 0.3) is 10.9 Å². The summed E-state index contributed by atoms with van der Waals surface area (Å²) in [6, 6.07) is 17.6. The number of carbonyl (C=O) groups is 2. The highest BCUT2D eigenvalue weighted by Crippen LogP contribution is 2.28. The van der Waals surface area contributed by atoms with E-state index in [2.05, 4.69) is 34.3 Å². The molecule has 2 heterocycles. The fourth-order valence-electron chi connectivity index (χ4n) is 3.63. The van der Waals surface area contributed by atoms with Gasteiger partial charge in [0.25, 0.3) is 5.91 Å². The normalized spacial score (nSPS) is 18.8. The predicted octanol–water partition coefficient (Wildman–Crippen LogP) is 3.32. The number of ether oxygens (including phenoxy) is 1. The molecule has 1 unspecified atom stereocenters. The lowest BCUT2D eigenvalue weighted by atomic mass is 9.89. The molecule has 27 heavy (non-hydrogen) atoms. The summed E-state index contributed by atoms with van der Waals surface area (Å²) in [7, 11) is 0. The van der Waals surface area contributed by atoms with Crippen molar-refractivity contribution in [1.29, 1.82) is 0 Å².